The number of hydrogen-bond acceptors (Lipinski definition) is 6. The van der Waals surface area contributed by atoms with Crippen molar-refractivity contribution in [3.63, 3.8) is 0 Å². The monoisotopic (exact) mass is 395 g/mol. The Morgan fingerprint density at radius 1 is 1.03 bits per heavy atom. The number of benzene rings is 1. The van der Waals surface area contributed by atoms with Crippen molar-refractivity contribution in [1.29, 1.82) is 0 Å². The molecule has 0 radical (unpaired) electrons. The number of hydrogen-bond donors (Lipinski definition) is 1. The summed E-state index contributed by atoms with van der Waals surface area (Å²) in [4.78, 5) is 25.2. The Balaban J connectivity index is 1.29. The van der Waals surface area contributed by atoms with Gasteiger partial charge >= 0.3 is 6.09 Å². The number of aromatic nitrogens is 2. The molecule has 2 heterocycles. The minimum Gasteiger partial charge on any atom is -0.444 e. The lowest BCUT2D eigenvalue weighted by Gasteiger charge is -2.36. The Labute approximate surface area is 172 Å². The molecule has 1 saturated heterocycles. The summed E-state index contributed by atoms with van der Waals surface area (Å²) in [5.74, 6) is 0.666. The maximum absolute atomic E-state index is 12.2. The minimum absolute atomic E-state index is 0.245. The smallest absolute Gasteiger partial charge is 0.410 e. The van der Waals surface area contributed by atoms with Crippen LogP contribution in [0.5, 0.6) is 0 Å². The van der Waals surface area contributed by atoms with Crippen LogP contribution < -0.4 is 10.2 Å². The van der Waals surface area contributed by atoms with Gasteiger partial charge in [0.15, 0.2) is 0 Å². The molecule has 4 rings (SSSR count). The first-order valence-corrected chi connectivity index (χ1v) is 10.3. The summed E-state index contributed by atoms with van der Waals surface area (Å²) < 4.78 is 5.46. The fourth-order valence-electron chi connectivity index (χ4n) is 3.88. The first-order chi connectivity index (χ1) is 13.9. The third-order valence-corrected chi connectivity index (χ3v) is 5.32. The average molecular weight is 396 g/mol. The summed E-state index contributed by atoms with van der Waals surface area (Å²) in [6, 6.07) is 8.91. The molecule has 7 heteroatoms. The third kappa shape index (κ3) is 4.78. The van der Waals surface area contributed by atoms with Crippen LogP contribution in [-0.4, -0.2) is 58.8 Å². The van der Waals surface area contributed by atoms with Crippen LogP contribution in [-0.2, 0) is 17.6 Å². The predicted molar refractivity (Wildman–Crippen MR) is 113 cm³/mol. The fraction of sp³-hybridized carbons (Fsp3) is 0.500. The zero-order valence-electron chi connectivity index (χ0n) is 17.4. The summed E-state index contributed by atoms with van der Waals surface area (Å²) in [6.45, 7) is 8.42. The van der Waals surface area contributed by atoms with Gasteiger partial charge in [-0.05, 0) is 44.7 Å². The van der Waals surface area contributed by atoms with E-state index in [4.69, 9.17) is 4.74 Å². The Kier molecular flexibility index (Phi) is 5.30. The Hall–Kier alpha value is -2.83. The molecule has 1 aliphatic heterocycles. The van der Waals surface area contributed by atoms with Crippen molar-refractivity contribution >= 4 is 17.7 Å². The zero-order chi connectivity index (χ0) is 20.4. The lowest BCUT2D eigenvalue weighted by Crippen LogP contribution is -2.50. The van der Waals surface area contributed by atoms with Gasteiger partial charge in [-0.2, -0.15) is 0 Å². The van der Waals surface area contributed by atoms with E-state index < -0.39 is 5.60 Å². The predicted octanol–water partition coefficient (Wildman–Crippen LogP) is 3.11. The molecule has 1 amide bonds. The van der Waals surface area contributed by atoms with Gasteiger partial charge in [0.2, 0.25) is 5.95 Å². The number of nitrogens with one attached hydrogen (secondary N) is 1. The number of carbonyl (C=O) groups is 1. The number of piperazine rings is 1. The van der Waals surface area contributed by atoms with Crippen LogP contribution in [0.2, 0.25) is 0 Å². The van der Waals surface area contributed by atoms with Gasteiger partial charge < -0.3 is 19.9 Å². The van der Waals surface area contributed by atoms with E-state index in [2.05, 4.69) is 44.5 Å². The number of rotatable bonds is 3. The largest absolute Gasteiger partial charge is 0.444 e. The highest BCUT2D eigenvalue weighted by atomic mass is 16.6. The van der Waals surface area contributed by atoms with Crippen LogP contribution in [0.1, 0.15) is 31.9 Å². The maximum Gasteiger partial charge on any atom is 0.410 e. The van der Waals surface area contributed by atoms with Gasteiger partial charge in [-0.1, -0.05) is 24.3 Å². The van der Waals surface area contributed by atoms with E-state index in [9.17, 15) is 4.79 Å². The Morgan fingerprint density at radius 3 is 2.17 bits per heavy atom. The fourth-order valence-corrected chi connectivity index (χ4v) is 3.88. The van der Waals surface area contributed by atoms with Crippen molar-refractivity contribution in [3.8, 4) is 0 Å². The standard InChI is InChI=1S/C22H29N5O2/c1-22(2,3)29-21(28)27-10-8-26(9-11-27)19-14-23-20(24-15-19)25-18-12-16-6-4-5-7-17(16)13-18/h4-7,14-15,18H,8-13H2,1-3H3,(H,23,24,25). The summed E-state index contributed by atoms with van der Waals surface area (Å²) >= 11 is 0. The molecule has 2 aromatic rings. The molecule has 1 aromatic carbocycles. The normalized spacial score (nSPS) is 17.2. The number of ether oxygens (including phenoxy) is 1. The molecule has 1 fully saturated rings. The molecular formula is C22H29N5O2. The van der Waals surface area contributed by atoms with Gasteiger partial charge in [0.1, 0.15) is 5.60 Å². The quantitative estimate of drug-likeness (QED) is 0.861. The van der Waals surface area contributed by atoms with Gasteiger partial charge in [0.25, 0.3) is 0 Å². The van der Waals surface area contributed by atoms with Gasteiger partial charge in [0, 0.05) is 32.2 Å². The van der Waals surface area contributed by atoms with Crippen LogP contribution in [0.3, 0.4) is 0 Å². The van der Waals surface area contributed by atoms with Crippen LogP contribution in [0.4, 0.5) is 16.4 Å². The van der Waals surface area contributed by atoms with Gasteiger partial charge in [-0.3, -0.25) is 0 Å². The number of anilines is 2. The van der Waals surface area contributed by atoms with Gasteiger partial charge in [-0.25, -0.2) is 14.8 Å². The second-order valence-corrected chi connectivity index (χ2v) is 8.74. The van der Waals surface area contributed by atoms with E-state index in [1.165, 1.54) is 11.1 Å². The summed E-state index contributed by atoms with van der Waals surface area (Å²) in [5, 5.41) is 3.45. The summed E-state index contributed by atoms with van der Waals surface area (Å²) in [5.41, 5.74) is 3.33. The van der Waals surface area contributed by atoms with Crippen molar-refractivity contribution in [2.45, 2.75) is 45.3 Å². The second-order valence-electron chi connectivity index (χ2n) is 8.74. The lowest BCUT2D eigenvalue weighted by molar-refractivity contribution is 0.0240. The highest BCUT2D eigenvalue weighted by Crippen LogP contribution is 2.24. The molecule has 154 valence electrons. The molecule has 0 saturated carbocycles. The third-order valence-electron chi connectivity index (χ3n) is 5.32. The maximum atomic E-state index is 12.2. The van der Waals surface area contributed by atoms with Crippen molar-refractivity contribution in [3.05, 3.63) is 47.8 Å². The van der Waals surface area contributed by atoms with Crippen LogP contribution in [0.25, 0.3) is 0 Å². The van der Waals surface area contributed by atoms with E-state index >= 15 is 0 Å². The molecular weight excluding hydrogens is 366 g/mol. The lowest BCUT2D eigenvalue weighted by atomic mass is 10.1. The van der Waals surface area contributed by atoms with Crippen LogP contribution in [0.15, 0.2) is 36.7 Å². The number of nitrogens with zero attached hydrogens (tertiary/aromatic N) is 4. The summed E-state index contributed by atoms with van der Waals surface area (Å²) in [6.07, 6.45) is 5.49. The number of carbonyl (C=O) groups excluding carboxylic acids is 1. The molecule has 0 spiro atoms. The van der Waals surface area contributed by atoms with E-state index in [0.717, 1.165) is 31.6 Å². The molecule has 0 bridgehead atoms. The van der Waals surface area contributed by atoms with Gasteiger partial charge in [0.05, 0.1) is 18.1 Å². The number of amides is 1. The van der Waals surface area contributed by atoms with E-state index in [-0.39, 0.29) is 6.09 Å². The zero-order valence-corrected chi connectivity index (χ0v) is 17.4. The number of fused-ring (bicyclic) bond motifs is 1. The molecule has 1 aliphatic carbocycles. The van der Waals surface area contributed by atoms with Gasteiger partial charge in [-0.15, -0.1) is 0 Å². The van der Waals surface area contributed by atoms with E-state index in [1.54, 1.807) is 4.90 Å². The first-order valence-electron chi connectivity index (χ1n) is 10.3. The van der Waals surface area contributed by atoms with Crippen molar-refractivity contribution < 1.29 is 9.53 Å². The Bertz CT molecular complexity index is 829. The second kappa shape index (κ2) is 7.89. The Morgan fingerprint density at radius 2 is 1.62 bits per heavy atom. The van der Waals surface area contributed by atoms with Crippen molar-refractivity contribution in [2.75, 3.05) is 36.4 Å². The van der Waals surface area contributed by atoms with Crippen LogP contribution in [0, 0.1) is 0 Å². The molecule has 2 aliphatic rings. The topological polar surface area (TPSA) is 70.6 Å². The van der Waals surface area contributed by atoms with Crippen molar-refractivity contribution in [2.24, 2.45) is 0 Å². The average Bonchev–Trinajstić information content (AvgIpc) is 3.10. The molecule has 29 heavy (non-hydrogen) atoms. The SMILES string of the molecule is CC(C)(C)OC(=O)N1CCN(c2cnc(NC3Cc4ccccc4C3)nc2)CC1. The highest BCUT2D eigenvalue weighted by Gasteiger charge is 2.26. The van der Waals surface area contributed by atoms with Crippen molar-refractivity contribution in [1.82, 2.24) is 14.9 Å². The molecule has 1 N–H and O–H groups in total. The minimum atomic E-state index is -0.467. The first kappa shape index (κ1) is 19.5. The van der Waals surface area contributed by atoms with E-state index in [0.29, 0.717) is 25.1 Å². The molecule has 0 atom stereocenters. The highest BCUT2D eigenvalue weighted by molar-refractivity contribution is 5.68. The molecule has 1 aromatic heterocycles. The summed E-state index contributed by atoms with van der Waals surface area (Å²) in [7, 11) is 0. The van der Waals surface area contributed by atoms with E-state index in [1.807, 2.05) is 33.2 Å². The molecule has 0 unspecified atom stereocenters. The van der Waals surface area contributed by atoms with Crippen LogP contribution >= 0.6 is 0 Å². The molecule has 7 nitrogen and oxygen atoms in total.